The van der Waals surface area contributed by atoms with E-state index in [-0.39, 0.29) is 17.6 Å². The fraction of sp³-hybridized carbons (Fsp3) is 0.333. The summed E-state index contributed by atoms with van der Waals surface area (Å²) in [6, 6.07) is 6.53. The Morgan fingerprint density at radius 2 is 1.41 bits per heavy atom. The van der Waals surface area contributed by atoms with Gasteiger partial charge in [-0.05, 0) is 31.5 Å². The SMILES string of the molecule is CC1=NNC(=O)C1C(c1ccc(O)cc1)C1C(=O)NN=C1C. The molecule has 0 saturated heterocycles. The van der Waals surface area contributed by atoms with Gasteiger partial charge in [0.15, 0.2) is 0 Å². The molecule has 1 aromatic carbocycles. The summed E-state index contributed by atoms with van der Waals surface area (Å²) >= 11 is 0. The lowest BCUT2D eigenvalue weighted by Gasteiger charge is -2.27. The van der Waals surface area contributed by atoms with Gasteiger partial charge in [-0.25, -0.2) is 10.9 Å². The van der Waals surface area contributed by atoms with Gasteiger partial charge < -0.3 is 5.11 Å². The van der Waals surface area contributed by atoms with Gasteiger partial charge >= 0.3 is 0 Å². The van der Waals surface area contributed by atoms with Crippen molar-refractivity contribution < 1.29 is 14.7 Å². The van der Waals surface area contributed by atoms with Crippen molar-refractivity contribution in [1.29, 1.82) is 0 Å². The van der Waals surface area contributed by atoms with E-state index < -0.39 is 17.8 Å². The van der Waals surface area contributed by atoms with Crippen molar-refractivity contribution >= 4 is 23.2 Å². The van der Waals surface area contributed by atoms with Gasteiger partial charge in [-0.15, -0.1) is 0 Å². The number of hydrogen-bond donors (Lipinski definition) is 3. The van der Waals surface area contributed by atoms with Gasteiger partial charge in [-0.1, -0.05) is 12.1 Å². The highest BCUT2D eigenvalue weighted by atomic mass is 16.3. The van der Waals surface area contributed by atoms with Crippen molar-refractivity contribution in [2.24, 2.45) is 22.0 Å². The van der Waals surface area contributed by atoms with Gasteiger partial charge in [-0.3, -0.25) is 9.59 Å². The number of hydrazone groups is 2. The molecule has 0 spiro atoms. The van der Waals surface area contributed by atoms with Crippen LogP contribution in [-0.2, 0) is 9.59 Å². The molecule has 7 heteroatoms. The molecule has 0 bridgehead atoms. The summed E-state index contributed by atoms with van der Waals surface area (Å²) in [5.41, 5.74) is 6.98. The molecule has 0 aromatic heterocycles. The molecule has 114 valence electrons. The van der Waals surface area contributed by atoms with E-state index in [0.29, 0.717) is 11.4 Å². The fourth-order valence-corrected chi connectivity index (χ4v) is 3.06. The Hall–Kier alpha value is -2.70. The van der Waals surface area contributed by atoms with E-state index in [1.807, 2.05) is 0 Å². The normalized spacial score (nSPS) is 25.4. The van der Waals surface area contributed by atoms with Crippen LogP contribution in [0.15, 0.2) is 34.5 Å². The summed E-state index contributed by atoms with van der Waals surface area (Å²) in [4.78, 5) is 24.4. The topological polar surface area (TPSA) is 103 Å². The molecule has 0 radical (unpaired) electrons. The number of carbonyl (C=O) groups excluding carboxylic acids is 2. The Bertz CT molecular complexity index is 655. The van der Waals surface area contributed by atoms with E-state index in [0.717, 1.165) is 5.56 Å². The van der Waals surface area contributed by atoms with Gasteiger partial charge in [0.05, 0.1) is 11.8 Å². The maximum absolute atomic E-state index is 12.2. The summed E-state index contributed by atoms with van der Waals surface area (Å²) in [6.07, 6.45) is 0. The second kappa shape index (κ2) is 5.25. The van der Waals surface area contributed by atoms with Crippen molar-refractivity contribution in [2.45, 2.75) is 19.8 Å². The molecule has 7 nitrogen and oxygen atoms in total. The minimum absolute atomic E-state index is 0.130. The molecule has 2 aliphatic heterocycles. The van der Waals surface area contributed by atoms with Crippen molar-refractivity contribution in [2.75, 3.05) is 0 Å². The Labute approximate surface area is 127 Å². The molecule has 22 heavy (non-hydrogen) atoms. The predicted octanol–water partition coefficient (Wildman–Crippen LogP) is 0.720. The molecule has 3 N–H and O–H groups in total. The van der Waals surface area contributed by atoms with Crippen LogP contribution in [0.3, 0.4) is 0 Å². The zero-order valence-corrected chi connectivity index (χ0v) is 12.2. The van der Waals surface area contributed by atoms with Crippen molar-refractivity contribution in [3.8, 4) is 5.75 Å². The lowest BCUT2D eigenvalue weighted by molar-refractivity contribution is -0.124. The quantitative estimate of drug-likeness (QED) is 0.766. The molecule has 0 saturated carbocycles. The number of nitrogens with one attached hydrogen (secondary N) is 2. The highest BCUT2D eigenvalue weighted by Gasteiger charge is 2.45. The second-order valence-electron chi connectivity index (χ2n) is 5.53. The molecule has 0 fully saturated rings. The Balaban J connectivity index is 2.08. The summed E-state index contributed by atoms with van der Waals surface area (Å²) in [7, 11) is 0. The largest absolute Gasteiger partial charge is 0.508 e. The van der Waals surface area contributed by atoms with Crippen LogP contribution >= 0.6 is 0 Å². The van der Waals surface area contributed by atoms with Gasteiger partial charge in [0.1, 0.15) is 5.75 Å². The van der Waals surface area contributed by atoms with Crippen LogP contribution in [-0.4, -0.2) is 28.3 Å². The fourth-order valence-electron chi connectivity index (χ4n) is 3.06. The van der Waals surface area contributed by atoms with Crippen LogP contribution < -0.4 is 10.9 Å². The van der Waals surface area contributed by atoms with Crippen LogP contribution in [0, 0.1) is 11.8 Å². The third-order valence-electron chi connectivity index (χ3n) is 4.15. The average molecular weight is 300 g/mol. The van der Waals surface area contributed by atoms with E-state index in [1.54, 1.807) is 38.1 Å². The maximum atomic E-state index is 12.2. The summed E-state index contributed by atoms with van der Waals surface area (Å²) < 4.78 is 0. The minimum atomic E-state index is -0.538. The highest BCUT2D eigenvalue weighted by molar-refractivity contribution is 6.12. The number of carbonyl (C=O) groups is 2. The zero-order valence-electron chi connectivity index (χ0n) is 12.2. The smallest absolute Gasteiger partial charge is 0.249 e. The number of rotatable bonds is 3. The number of hydrogen-bond acceptors (Lipinski definition) is 5. The van der Waals surface area contributed by atoms with E-state index in [4.69, 9.17) is 0 Å². The minimum Gasteiger partial charge on any atom is -0.508 e. The summed E-state index contributed by atoms with van der Waals surface area (Å²) in [6.45, 7) is 3.52. The molecular weight excluding hydrogens is 284 g/mol. The van der Waals surface area contributed by atoms with E-state index >= 15 is 0 Å². The Morgan fingerprint density at radius 3 is 1.77 bits per heavy atom. The molecule has 2 aliphatic rings. The lowest BCUT2D eigenvalue weighted by Crippen LogP contribution is -2.38. The van der Waals surface area contributed by atoms with Gasteiger partial charge in [0, 0.05) is 17.3 Å². The molecule has 2 amide bonds. The van der Waals surface area contributed by atoms with Crippen molar-refractivity contribution in [1.82, 2.24) is 10.9 Å². The number of phenolic OH excluding ortho intramolecular Hbond substituents is 1. The van der Waals surface area contributed by atoms with Gasteiger partial charge in [0.2, 0.25) is 11.8 Å². The Morgan fingerprint density at radius 1 is 0.955 bits per heavy atom. The van der Waals surface area contributed by atoms with E-state index in [1.165, 1.54) is 0 Å². The average Bonchev–Trinajstić information content (AvgIpc) is 2.99. The molecule has 2 atom stereocenters. The first-order valence-electron chi connectivity index (χ1n) is 6.96. The highest BCUT2D eigenvalue weighted by Crippen LogP contribution is 2.38. The van der Waals surface area contributed by atoms with Crippen LogP contribution in [0.4, 0.5) is 0 Å². The summed E-state index contributed by atoms with van der Waals surface area (Å²) in [5, 5.41) is 17.4. The van der Waals surface area contributed by atoms with Crippen LogP contribution in [0.5, 0.6) is 5.75 Å². The first kappa shape index (κ1) is 14.2. The van der Waals surface area contributed by atoms with Gasteiger partial charge in [-0.2, -0.15) is 10.2 Å². The van der Waals surface area contributed by atoms with Crippen molar-refractivity contribution in [3.63, 3.8) is 0 Å². The van der Waals surface area contributed by atoms with E-state index in [2.05, 4.69) is 21.1 Å². The lowest BCUT2D eigenvalue weighted by atomic mass is 9.73. The van der Waals surface area contributed by atoms with Crippen LogP contribution in [0.2, 0.25) is 0 Å². The Kier molecular flexibility index (Phi) is 3.40. The van der Waals surface area contributed by atoms with Gasteiger partial charge in [0.25, 0.3) is 0 Å². The molecule has 2 heterocycles. The number of nitrogens with zero attached hydrogens (tertiary/aromatic N) is 2. The molecule has 2 unspecified atom stereocenters. The predicted molar refractivity (Wildman–Crippen MR) is 80.3 cm³/mol. The number of amides is 2. The standard InChI is InChI=1S/C15H16N4O3/c1-7-11(14(21)18-16-7)13(9-3-5-10(20)6-4-9)12-8(2)17-19-15(12)22/h3-6,11-13,20H,1-2H3,(H,18,21)(H,19,22). The first-order valence-corrected chi connectivity index (χ1v) is 6.96. The second-order valence-corrected chi connectivity index (χ2v) is 5.53. The maximum Gasteiger partial charge on any atom is 0.249 e. The number of aromatic hydroxyl groups is 1. The first-order chi connectivity index (χ1) is 10.5. The molecule has 0 aliphatic carbocycles. The van der Waals surface area contributed by atoms with E-state index in [9.17, 15) is 14.7 Å². The van der Waals surface area contributed by atoms with Crippen LogP contribution in [0.1, 0.15) is 25.3 Å². The third-order valence-corrected chi connectivity index (χ3v) is 4.15. The molecular formula is C15H16N4O3. The zero-order chi connectivity index (χ0) is 15.9. The van der Waals surface area contributed by atoms with Crippen LogP contribution in [0.25, 0.3) is 0 Å². The number of benzene rings is 1. The third kappa shape index (κ3) is 2.24. The molecule has 1 aromatic rings. The number of phenols is 1. The molecule has 3 rings (SSSR count). The van der Waals surface area contributed by atoms with Crippen molar-refractivity contribution in [3.05, 3.63) is 29.8 Å². The monoisotopic (exact) mass is 300 g/mol. The summed E-state index contributed by atoms with van der Waals surface area (Å²) in [5.74, 6) is -1.83.